The van der Waals surface area contributed by atoms with Crippen LogP contribution in [0.4, 0.5) is 11.4 Å². The van der Waals surface area contributed by atoms with Crippen LogP contribution < -0.4 is 35.9 Å². The van der Waals surface area contributed by atoms with Crippen molar-refractivity contribution in [1.29, 1.82) is 0 Å². The third-order valence-electron chi connectivity index (χ3n) is 6.65. The zero-order chi connectivity index (χ0) is 28.1. The molecule has 0 radical (unpaired) electrons. The predicted octanol–water partition coefficient (Wildman–Crippen LogP) is 3.30. The number of nitrogens with zero attached hydrogens (tertiary/aromatic N) is 2. The number of carbonyl (C=O) groups is 3. The van der Waals surface area contributed by atoms with Gasteiger partial charge in [-0.2, -0.15) is 4.37 Å². The summed E-state index contributed by atoms with van der Waals surface area (Å²) in [7, 11) is 4.47. The second-order valence-electron chi connectivity index (χ2n) is 8.99. The maximum absolute atomic E-state index is 14.3. The van der Waals surface area contributed by atoms with Gasteiger partial charge in [-0.15, -0.1) is 0 Å². The highest BCUT2D eigenvalue weighted by atomic mass is 32.1. The van der Waals surface area contributed by atoms with Crippen LogP contribution in [-0.4, -0.2) is 49.5 Å². The summed E-state index contributed by atoms with van der Waals surface area (Å²) in [6.07, 6.45) is 3.70. The number of ether oxygens (including phenoxy) is 3. The minimum Gasteiger partial charge on any atom is -0.495 e. The average Bonchev–Trinajstić information content (AvgIpc) is 3.60. The van der Waals surface area contributed by atoms with Crippen molar-refractivity contribution in [2.45, 2.75) is 37.8 Å². The maximum atomic E-state index is 14.3. The fraction of sp³-hybridized carbons (Fsp3) is 0.333. The van der Waals surface area contributed by atoms with Crippen molar-refractivity contribution in [1.82, 2.24) is 9.69 Å². The summed E-state index contributed by atoms with van der Waals surface area (Å²) in [5.41, 5.74) is 12.0. The first-order chi connectivity index (χ1) is 18.8. The van der Waals surface area contributed by atoms with Crippen LogP contribution in [0.1, 0.15) is 57.4 Å². The Morgan fingerprint density at radius 2 is 1.67 bits per heavy atom. The van der Waals surface area contributed by atoms with E-state index in [1.807, 2.05) is 0 Å². The summed E-state index contributed by atoms with van der Waals surface area (Å²) >= 11 is 0.736. The van der Waals surface area contributed by atoms with Crippen LogP contribution in [0.3, 0.4) is 0 Å². The van der Waals surface area contributed by atoms with Gasteiger partial charge in [0, 0.05) is 6.04 Å². The largest absolute Gasteiger partial charge is 0.495 e. The molecule has 3 aromatic rings. The minimum absolute atomic E-state index is 0.0234. The number of anilines is 2. The van der Waals surface area contributed by atoms with E-state index >= 15 is 0 Å². The minimum atomic E-state index is -1.17. The van der Waals surface area contributed by atoms with E-state index in [-0.39, 0.29) is 22.3 Å². The number of hydrogen-bond acceptors (Lipinski definition) is 9. The first kappa shape index (κ1) is 27.7. The second-order valence-corrected chi connectivity index (χ2v) is 9.77. The summed E-state index contributed by atoms with van der Waals surface area (Å²) in [5, 5.41) is 3.11. The molecule has 2 aromatic carbocycles. The SMILES string of the molecule is COc1ccc([C@@H](C(=O)NC2CCCC2)N(C(=O)c2snc(C(N)=O)c2N)c2ccccc2OC)cc1OC. The quantitative estimate of drug-likeness (QED) is 0.345. The van der Waals surface area contributed by atoms with Crippen molar-refractivity contribution in [3.63, 3.8) is 0 Å². The molecule has 206 valence electrons. The van der Waals surface area contributed by atoms with Crippen molar-refractivity contribution in [3.05, 3.63) is 58.6 Å². The van der Waals surface area contributed by atoms with E-state index in [2.05, 4.69) is 9.69 Å². The topological polar surface area (TPSA) is 159 Å². The molecule has 1 heterocycles. The van der Waals surface area contributed by atoms with E-state index < -0.39 is 23.8 Å². The van der Waals surface area contributed by atoms with Crippen molar-refractivity contribution >= 4 is 40.6 Å². The molecule has 4 rings (SSSR count). The molecule has 1 atom stereocenters. The van der Waals surface area contributed by atoms with E-state index in [0.29, 0.717) is 28.5 Å². The average molecular weight is 554 g/mol. The highest BCUT2D eigenvalue weighted by Crippen LogP contribution is 2.40. The van der Waals surface area contributed by atoms with E-state index in [4.69, 9.17) is 25.7 Å². The lowest BCUT2D eigenvalue weighted by Gasteiger charge is -2.33. The lowest BCUT2D eigenvalue weighted by Crippen LogP contribution is -2.46. The number of aromatic nitrogens is 1. The van der Waals surface area contributed by atoms with E-state index in [1.165, 1.54) is 26.2 Å². The van der Waals surface area contributed by atoms with Crippen LogP contribution >= 0.6 is 11.5 Å². The van der Waals surface area contributed by atoms with Crippen LogP contribution in [0.5, 0.6) is 17.2 Å². The summed E-state index contributed by atoms with van der Waals surface area (Å²) in [6.45, 7) is 0. The molecule has 39 heavy (non-hydrogen) atoms. The molecular formula is C27H31N5O6S. The Labute approximate surface area is 230 Å². The molecule has 1 aliphatic carbocycles. The molecule has 0 bridgehead atoms. The fourth-order valence-electron chi connectivity index (χ4n) is 4.72. The molecule has 0 unspecified atom stereocenters. The summed E-state index contributed by atoms with van der Waals surface area (Å²) in [5.74, 6) is -0.709. The molecule has 12 heteroatoms. The number of nitrogens with one attached hydrogen (secondary N) is 1. The summed E-state index contributed by atoms with van der Waals surface area (Å²) in [4.78, 5) is 41.5. The molecule has 1 aliphatic rings. The van der Waals surface area contributed by atoms with E-state index in [9.17, 15) is 14.4 Å². The Morgan fingerprint density at radius 1 is 1.00 bits per heavy atom. The highest BCUT2D eigenvalue weighted by Gasteiger charge is 2.38. The third kappa shape index (κ3) is 5.60. The number of hydrogen-bond donors (Lipinski definition) is 3. The number of carbonyl (C=O) groups excluding carboxylic acids is 3. The third-order valence-corrected chi connectivity index (χ3v) is 7.50. The van der Waals surface area contributed by atoms with Gasteiger partial charge >= 0.3 is 0 Å². The second kappa shape index (κ2) is 12.0. The Balaban J connectivity index is 1.93. The van der Waals surface area contributed by atoms with Crippen molar-refractivity contribution < 1.29 is 28.6 Å². The normalized spacial score (nSPS) is 13.9. The maximum Gasteiger partial charge on any atom is 0.273 e. The molecule has 0 aliphatic heterocycles. The molecule has 1 fully saturated rings. The van der Waals surface area contributed by atoms with Crippen molar-refractivity contribution in [3.8, 4) is 17.2 Å². The summed E-state index contributed by atoms with van der Waals surface area (Å²) < 4.78 is 20.5. The smallest absolute Gasteiger partial charge is 0.273 e. The van der Waals surface area contributed by atoms with Crippen LogP contribution in [0.2, 0.25) is 0 Å². The number of nitrogen functional groups attached to an aromatic ring is 1. The van der Waals surface area contributed by atoms with E-state index in [1.54, 1.807) is 42.5 Å². The van der Waals surface area contributed by atoms with Gasteiger partial charge in [0.15, 0.2) is 17.2 Å². The standard InChI is InChI=1S/C27H31N5O6S/c1-36-18-11-7-6-10-17(18)32(27(35)24-21(28)22(25(29)33)31-39-24)23(26(34)30-16-8-4-5-9-16)15-12-13-19(37-2)20(14-15)38-3/h6-7,10-14,16,23H,4-5,8-9,28H2,1-3H3,(H2,29,33)(H,30,34)/t23-/m0/s1. The van der Waals surface area contributed by atoms with Gasteiger partial charge in [0.25, 0.3) is 11.8 Å². The van der Waals surface area contributed by atoms with Gasteiger partial charge < -0.3 is 31.0 Å². The number of nitrogens with two attached hydrogens (primary N) is 2. The molecule has 1 aromatic heterocycles. The zero-order valence-electron chi connectivity index (χ0n) is 21.9. The van der Waals surface area contributed by atoms with Crippen LogP contribution in [0.15, 0.2) is 42.5 Å². The molecule has 1 saturated carbocycles. The molecule has 3 amide bonds. The lowest BCUT2D eigenvalue weighted by molar-refractivity contribution is -0.123. The zero-order valence-corrected chi connectivity index (χ0v) is 22.7. The Hall–Kier alpha value is -4.32. The predicted molar refractivity (Wildman–Crippen MR) is 148 cm³/mol. The molecule has 0 saturated heterocycles. The molecule has 5 N–H and O–H groups in total. The first-order valence-corrected chi connectivity index (χ1v) is 13.1. The number of para-hydroxylation sites is 2. The van der Waals surface area contributed by atoms with Crippen molar-refractivity contribution in [2.75, 3.05) is 32.0 Å². The molecule has 11 nitrogen and oxygen atoms in total. The van der Waals surface area contributed by atoms with Gasteiger partial charge in [-0.1, -0.05) is 31.0 Å². The van der Waals surface area contributed by atoms with Gasteiger partial charge in [0.2, 0.25) is 5.91 Å². The van der Waals surface area contributed by atoms with Gasteiger partial charge in [-0.25, -0.2) is 0 Å². The number of primary amides is 1. The van der Waals surface area contributed by atoms with E-state index in [0.717, 1.165) is 37.2 Å². The van der Waals surface area contributed by atoms with Gasteiger partial charge in [-0.05, 0) is 54.2 Å². The van der Waals surface area contributed by atoms with Gasteiger partial charge in [0.05, 0.1) is 32.7 Å². The van der Waals surface area contributed by atoms with Crippen molar-refractivity contribution in [2.24, 2.45) is 5.73 Å². The Morgan fingerprint density at radius 3 is 2.28 bits per heavy atom. The Kier molecular flexibility index (Phi) is 8.55. The summed E-state index contributed by atoms with van der Waals surface area (Å²) in [6, 6.07) is 10.6. The molecular weight excluding hydrogens is 522 g/mol. The van der Waals surface area contributed by atoms with Crippen LogP contribution in [0, 0.1) is 0 Å². The number of amides is 3. The first-order valence-electron chi connectivity index (χ1n) is 12.3. The van der Waals surface area contributed by atoms with Gasteiger partial charge in [0.1, 0.15) is 16.7 Å². The van der Waals surface area contributed by atoms with Crippen LogP contribution in [-0.2, 0) is 4.79 Å². The van der Waals surface area contributed by atoms with Gasteiger partial charge in [-0.3, -0.25) is 19.3 Å². The Bertz CT molecular complexity index is 1370. The monoisotopic (exact) mass is 553 g/mol. The van der Waals surface area contributed by atoms with Crippen LogP contribution in [0.25, 0.3) is 0 Å². The molecule has 0 spiro atoms. The number of methoxy groups -OCH3 is 3. The number of benzene rings is 2. The lowest BCUT2D eigenvalue weighted by atomic mass is 10.0. The number of rotatable bonds is 10. The highest BCUT2D eigenvalue weighted by molar-refractivity contribution is 7.09. The fourth-order valence-corrected chi connectivity index (χ4v) is 5.47.